The molecule has 0 aromatic rings. The zero-order valence-corrected chi connectivity index (χ0v) is 34.5. The Morgan fingerprint density at radius 1 is 0.618 bits per heavy atom. The minimum absolute atomic E-state index is 0.225. The van der Waals surface area contributed by atoms with E-state index in [2.05, 4.69) is 37.8 Å². The van der Waals surface area contributed by atoms with Crippen LogP contribution in [0.1, 0.15) is 180 Å². The van der Waals surface area contributed by atoms with E-state index >= 15 is 0 Å². The summed E-state index contributed by atoms with van der Waals surface area (Å²) in [6.45, 7) is 4.91. The van der Waals surface area contributed by atoms with Crippen molar-refractivity contribution < 1.29 is 49.0 Å². The number of allylic oxidation sites excluding steroid dienone is 5. The Morgan fingerprint density at radius 2 is 1.09 bits per heavy atom. The first kappa shape index (κ1) is 50.9. The summed E-state index contributed by atoms with van der Waals surface area (Å²) in [4.78, 5) is 25.3. The zero-order chi connectivity index (χ0) is 40.2. The summed E-state index contributed by atoms with van der Waals surface area (Å²) >= 11 is 0. The summed E-state index contributed by atoms with van der Waals surface area (Å²) in [5.74, 6) is -0.825. The average molecular weight is 781 g/mol. The van der Waals surface area contributed by atoms with Crippen LogP contribution < -0.4 is 0 Å². The van der Waals surface area contributed by atoms with Gasteiger partial charge in [0, 0.05) is 12.8 Å². The number of esters is 2. The average Bonchev–Trinajstić information content (AvgIpc) is 3.18. The molecular weight excluding hydrogens is 700 g/mol. The molecule has 1 aliphatic heterocycles. The maximum Gasteiger partial charge on any atom is 0.306 e. The first-order valence-electron chi connectivity index (χ1n) is 22.0. The smallest absolute Gasteiger partial charge is 0.306 e. The predicted molar refractivity (Wildman–Crippen MR) is 219 cm³/mol. The Balaban J connectivity index is 2.34. The zero-order valence-electron chi connectivity index (χ0n) is 34.5. The lowest BCUT2D eigenvalue weighted by Crippen LogP contribution is -2.59. The van der Waals surface area contributed by atoms with Gasteiger partial charge < -0.3 is 39.4 Å². The molecule has 10 heteroatoms. The van der Waals surface area contributed by atoms with Gasteiger partial charge in [-0.1, -0.05) is 146 Å². The van der Waals surface area contributed by atoms with Crippen molar-refractivity contribution in [2.45, 2.75) is 217 Å². The predicted octanol–water partition coefficient (Wildman–Crippen LogP) is 9.11. The molecule has 1 fully saturated rings. The van der Waals surface area contributed by atoms with Crippen molar-refractivity contribution in [3.05, 3.63) is 37.0 Å². The summed E-state index contributed by atoms with van der Waals surface area (Å²) in [6.07, 6.45) is 31.8. The number of aliphatic hydroxyl groups excluding tert-OH is 4. The number of carbonyl (C=O) groups is 2. The van der Waals surface area contributed by atoms with Crippen molar-refractivity contribution in [2.24, 2.45) is 0 Å². The van der Waals surface area contributed by atoms with E-state index in [9.17, 15) is 30.0 Å². The van der Waals surface area contributed by atoms with Crippen molar-refractivity contribution in [3.8, 4) is 0 Å². The lowest BCUT2D eigenvalue weighted by molar-refractivity contribution is -0.305. The van der Waals surface area contributed by atoms with Gasteiger partial charge in [-0.25, -0.2) is 0 Å². The van der Waals surface area contributed by atoms with E-state index in [1.165, 1.54) is 83.5 Å². The van der Waals surface area contributed by atoms with E-state index in [1.54, 1.807) is 0 Å². The summed E-state index contributed by atoms with van der Waals surface area (Å²) in [7, 11) is 0. The lowest BCUT2D eigenvalue weighted by Gasteiger charge is -2.39. The van der Waals surface area contributed by atoms with Crippen molar-refractivity contribution in [1.82, 2.24) is 0 Å². The fourth-order valence-corrected chi connectivity index (χ4v) is 6.63. The van der Waals surface area contributed by atoms with Crippen LogP contribution in [0.2, 0.25) is 0 Å². The van der Waals surface area contributed by atoms with Gasteiger partial charge in [0.15, 0.2) is 12.4 Å². The second-order valence-electron chi connectivity index (χ2n) is 15.3. The molecule has 0 amide bonds. The quantitative estimate of drug-likeness (QED) is 0.0208. The molecule has 0 bridgehead atoms. The third-order valence-electron chi connectivity index (χ3n) is 10.2. The molecule has 1 aliphatic rings. The van der Waals surface area contributed by atoms with Crippen molar-refractivity contribution in [2.75, 3.05) is 19.8 Å². The van der Waals surface area contributed by atoms with Crippen LogP contribution in [0.4, 0.5) is 0 Å². The van der Waals surface area contributed by atoms with Gasteiger partial charge in [0.2, 0.25) is 0 Å². The van der Waals surface area contributed by atoms with Gasteiger partial charge in [0.25, 0.3) is 0 Å². The van der Waals surface area contributed by atoms with Gasteiger partial charge >= 0.3 is 11.9 Å². The van der Waals surface area contributed by atoms with E-state index in [4.69, 9.17) is 18.9 Å². The van der Waals surface area contributed by atoms with Crippen LogP contribution in [0.25, 0.3) is 0 Å². The molecule has 0 saturated carbocycles. The molecule has 1 heterocycles. The number of rotatable bonds is 37. The summed E-state index contributed by atoms with van der Waals surface area (Å²) < 4.78 is 22.1. The van der Waals surface area contributed by atoms with Gasteiger partial charge in [-0.15, -0.1) is 6.58 Å². The third kappa shape index (κ3) is 28.0. The number of unbranched alkanes of at least 4 members (excludes halogenated alkanes) is 22. The Kier molecular flexibility index (Phi) is 33.6. The topological polar surface area (TPSA) is 152 Å². The van der Waals surface area contributed by atoms with Crippen LogP contribution in [0.15, 0.2) is 37.0 Å². The standard InChI is InChI=1S/C45H80O10/c1-3-5-7-9-11-13-15-17-19-21-23-25-27-29-31-33-40(47)52-36-38(37-53-45-44(51)43(50)42(49)39(35-46)55-45)54-41(48)34-32-30-28-26-24-22-20-18-16-14-12-10-8-6-4-2/h4,13,15,17,19,38-39,42-46,49-51H,2-3,5-12,14,16,18,20-37H2,1H3/b15-13+,19-17+/t38-,39-,42+,43?,44?,45-/m0/s1. The minimum atomic E-state index is -1.60. The van der Waals surface area contributed by atoms with Crippen LogP contribution >= 0.6 is 0 Å². The Labute approximate surface area is 334 Å². The fourth-order valence-electron chi connectivity index (χ4n) is 6.63. The van der Waals surface area contributed by atoms with E-state index in [1.807, 2.05) is 6.08 Å². The van der Waals surface area contributed by atoms with Gasteiger partial charge in [0.1, 0.15) is 31.0 Å². The summed E-state index contributed by atoms with van der Waals surface area (Å²) in [5.41, 5.74) is 0. The highest BCUT2D eigenvalue weighted by Crippen LogP contribution is 2.23. The SMILES string of the molecule is C=CCCCCCCCCCCCCCCCC(=O)O[C@@H](COC(=O)CCCCCCC/C=C/C=C/CCCCCC)CO[C@H]1O[C@@H](CO)[C@@H](O)C(O)C1O. The molecule has 55 heavy (non-hydrogen) atoms. The second-order valence-corrected chi connectivity index (χ2v) is 15.3. The van der Waals surface area contributed by atoms with Crippen LogP contribution in [-0.4, -0.2) is 89.0 Å². The monoisotopic (exact) mass is 781 g/mol. The van der Waals surface area contributed by atoms with Crippen LogP contribution in [0.5, 0.6) is 0 Å². The number of ether oxygens (including phenoxy) is 4. The highest BCUT2D eigenvalue weighted by atomic mass is 16.7. The van der Waals surface area contributed by atoms with Crippen LogP contribution in [0, 0.1) is 0 Å². The molecule has 0 radical (unpaired) electrons. The van der Waals surface area contributed by atoms with E-state index < -0.39 is 55.4 Å². The Bertz CT molecular complexity index is 983. The number of carbonyl (C=O) groups excluding carboxylic acids is 2. The molecule has 0 aliphatic carbocycles. The molecule has 0 spiro atoms. The van der Waals surface area contributed by atoms with E-state index in [-0.39, 0.29) is 26.1 Å². The molecule has 1 rings (SSSR count). The van der Waals surface area contributed by atoms with E-state index in [0.717, 1.165) is 64.2 Å². The second kappa shape index (κ2) is 36.3. The number of hydrogen-bond acceptors (Lipinski definition) is 10. The number of hydrogen-bond donors (Lipinski definition) is 4. The van der Waals surface area contributed by atoms with Crippen LogP contribution in [0.3, 0.4) is 0 Å². The molecule has 320 valence electrons. The Hall–Kier alpha value is -2.08. The van der Waals surface area contributed by atoms with Gasteiger partial charge in [-0.2, -0.15) is 0 Å². The van der Waals surface area contributed by atoms with Gasteiger partial charge in [0.05, 0.1) is 13.2 Å². The highest BCUT2D eigenvalue weighted by Gasteiger charge is 2.44. The lowest BCUT2D eigenvalue weighted by atomic mass is 9.99. The molecule has 0 aromatic carbocycles. The van der Waals surface area contributed by atoms with Gasteiger partial charge in [-0.05, 0) is 51.4 Å². The van der Waals surface area contributed by atoms with Crippen molar-refractivity contribution >= 4 is 11.9 Å². The molecular formula is C45H80O10. The first-order chi connectivity index (χ1) is 26.8. The fraction of sp³-hybridized carbons (Fsp3) is 0.822. The van der Waals surface area contributed by atoms with E-state index in [0.29, 0.717) is 12.8 Å². The minimum Gasteiger partial charge on any atom is -0.462 e. The number of aliphatic hydroxyl groups is 4. The van der Waals surface area contributed by atoms with Crippen molar-refractivity contribution in [1.29, 1.82) is 0 Å². The molecule has 1 saturated heterocycles. The largest absolute Gasteiger partial charge is 0.462 e. The highest BCUT2D eigenvalue weighted by molar-refractivity contribution is 5.70. The molecule has 0 aromatic heterocycles. The van der Waals surface area contributed by atoms with Crippen molar-refractivity contribution in [3.63, 3.8) is 0 Å². The Morgan fingerprint density at radius 3 is 1.60 bits per heavy atom. The van der Waals surface area contributed by atoms with Crippen LogP contribution in [-0.2, 0) is 28.5 Å². The molecule has 2 unspecified atom stereocenters. The normalized spacial score (nSPS) is 20.6. The summed E-state index contributed by atoms with van der Waals surface area (Å²) in [5, 5.41) is 40.0. The molecule has 4 N–H and O–H groups in total. The maximum absolute atomic E-state index is 12.8. The molecule has 6 atom stereocenters. The molecule has 10 nitrogen and oxygen atoms in total. The third-order valence-corrected chi connectivity index (χ3v) is 10.2. The first-order valence-corrected chi connectivity index (χ1v) is 22.0. The summed E-state index contributed by atoms with van der Waals surface area (Å²) in [6, 6.07) is 0. The maximum atomic E-state index is 12.8. The van der Waals surface area contributed by atoms with Gasteiger partial charge in [-0.3, -0.25) is 9.59 Å².